The Hall–Kier alpha value is -2.58. The molecule has 0 saturated carbocycles. The molecule has 0 bridgehead atoms. The molecule has 8 heteroatoms. The summed E-state index contributed by atoms with van der Waals surface area (Å²) in [5, 5.41) is 12.3. The summed E-state index contributed by atoms with van der Waals surface area (Å²) in [7, 11) is 0. The number of nitrogens with zero attached hydrogens (tertiary/aromatic N) is 3. The molecular formula is C17H14N4O2S2. The van der Waals surface area contributed by atoms with Gasteiger partial charge >= 0.3 is 0 Å². The van der Waals surface area contributed by atoms with Gasteiger partial charge in [0.25, 0.3) is 0 Å². The van der Waals surface area contributed by atoms with Crippen LogP contribution >= 0.6 is 23.1 Å². The molecular weight excluding hydrogens is 356 g/mol. The Morgan fingerprint density at radius 3 is 2.80 bits per heavy atom. The lowest BCUT2D eigenvalue weighted by molar-refractivity contribution is 0.518. The first kappa shape index (κ1) is 15.9. The zero-order valence-corrected chi connectivity index (χ0v) is 14.7. The van der Waals surface area contributed by atoms with Crippen molar-refractivity contribution in [1.82, 2.24) is 15.2 Å². The molecule has 0 radical (unpaired) electrons. The van der Waals surface area contributed by atoms with Gasteiger partial charge in [-0.1, -0.05) is 41.3 Å². The lowest BCUT2D eigenvalue weighted by atomic mass is 10.2. The van der Waals surface area contributed by atoms with Gasteiger partial charge in [-0.05, 0) is 24.3 Å². The summed E-state index contributed by atoms with van der Waals surface area (Å²) in [6.45, 7) is 0.593. The van der Waals surface area contributed by atoms with Gasteiger partial charge in [0.1, 0.15) is 12.0 Å². The van der Waals surface area contributed by atoms with Crippen molar-refractivity contribution in [2.75, 3.05) is 5.32 Å². The first-order valence-corrected chi connectivity index (χ1v) is 9.39. The van der Waals surface area contributed by atoms with E-state index < -0.39 is 0 Å². The van der Waals surface area contributed by atoms with Crippen molar-refractivity contribution in [3.8, 4) is 11.5 Å². The summed E-state index contributed by atoms with van der Waals surface area (Å²) in [6.07, 6.45) is 3.34. The van der Waals surface area contributed by atoms with Gasteiger partial charge in [0.15, 0.2) is 4.34 Å². The van der Waals surface area contributed by atoms with Crippen LogP contribution in [0.15, 0.2) is 68.2 Å². The number of nitrogens with one attached hydrogen (secondary N) is 1. The molecule has 3 heterocycles. The summed E-state index contributed by atoms with van der Waals surface area (Å²) in [5.74, 6) is 2.18. The highest BCUT2D eigenvalue weighted by atomic mass is 32.2. The zero-order valence-electron chi connectivity index (χ0n) is 13.1. The Morgan fingerprint density at radius 1 is 1.04 bits per heavy atom. The van der Waals surface area contributed by atoms with Crippen molar-refractivity contribution in [1.29, 1.82) is 0 Å². The van der Waals surface area contributed by atoms with E-state index >= 15 is 0 Å². The van der Waals surface area contributed by atoms with E-state index in [1.807, 2.05) is 42.5 Å². The van der Waals surface area contributed by atoms with E-state index in [0.29, 0.717) is 18.2 Å². The second-order valence-electron chi connectivity index (χ2n) is 5.10. The van der Waals surface area contributed by atoms with Gasteiger partial charge in [-0.15, -0.1) is 10.2 Å². The second kappa shape index (κ2) is 7.54. The topological polar surface area (TPSA) is 77.0 Å². The summed E-state index contributed by atoms with van der Waals surface area (Å²) in [4.78, 5) is 4.51. The molecule has 1 N–H and O–H groups in total. The van der Waals surface area contributed by atoms with E-state index in [2.05, 4.69) is 20.5 Å². The van der Waals surface area contributed by atoms with E-state index in [1.165, 1.54) is 11.3 Å². The number of furan rings is 1. The van der Waals surface area contributed by atoms with Crippen molar-refractivity contribution >= 4 is 28.2 Å². The Kier molecular flexibility index (Phi) is 4.80. The third kappa shape index (κ3) is 4.09. The summed E-state index contributed by atoms with van der Waals surface area (Å²) >= 11 is 3.09. The molecule has 0 aliphatic heterocycles. The molecule has 25 heavy (non-hydrogen) atoms. The number of benzene rings is 1. The molecule has 0 unspecified atom stereocenters. The zero-order chi connectivity index (χ0) is 16.9. The Bertz CT molecular complexity index is 919. The highest BCUT2D eigenvalue weighted by Gasteiger charge is 2.09. The molecule has 0 aliphatic rings. The number of oxazole rings is 1. The van der Waals surface area contributed by atoms with Gasteiger partial charge in [-0.2, -0.15) is 0 Å². The molecule has 126 valence electrons. The largest absolute Gasteiger partial charge is 0.467 e. The normalized spacial score (nSPS) is 10.9. The van der Waals surface area contributed by atoms with Crippen molar-refractivity contribution in [2.24, 2.45) is 0 Å². The maximum absolute atomic E-state index is 5.54. The molecule has 0 atom stereocenters. The molecule has 0 spiro atoms. The standard InChI is InChI=1S/C17H14N4O2S2/c1-2-5-12(6-3-1)15-19-13(10-23-15)11-24-17-21-20-16(25-17)18-9-14-7-4-8-22-14/h1-8,10H,9,11H2,(H,18,20). The van der Waals surface area contributed by atoms with Crippen LogP contribution in [0.5, 0.6) is 0 Å². The van der Waals surface area contributed by atoms with Crippen LogP contribution in [0.25, 0.3) is 11.5 Å². The van der Waals surface area contributed by atoms with Gasteiger partial charge in [-0.3, -0.25) is 0 Å². The first-order chi connectivity index (χ1) is 12.4. The molecule has 4 rings (SSSR count). The predicted molar refractivity (Wildman–Crippen MR) is 97.4 cm³/mol. The van der Waals surface area contributed by atoms with Crippen LogP contribution in [0, 0.1) is 0 Å². The van der Waals surface area contributed by atoms with Crippen LogP contribution in [-0.2, 0) is 12.3 Å². The molecule has 4 aromatic rings. The first-order valence-electron chi connectivity index (χ1n) is 7.59. The third-order valence-corrected chi connectivity index (χ3v) is 5.36. The minimum Gasteiger partial charge on any atom is -0.467 e. The predicted octanol–water partition coefficient (Wildman–Crippen LogP) is 4.69. The Labute approximate surface area is 152 Å². The van der Waals surface area contributed by atoms with Crippen molar-refractivity contribution in [3.63, 3.8) is 0 Å². The van der Waals surface area contributed by atoms with Gasteiger partial charge in [-0.25, -0.2) is 4.98 Å². The summed E-state index contributed by atoms with van der Waals surface area (Å²) < 4.78 is 11.7. The van der Waals surface area contributed by atoms with Crippen LogP contribution in [-0.4, -0.2) is 15.2 Å². The number of hydrogen-bond donors (Lipinski definition) is 1. The summed E-state index contributed by atoms with van der Waals surface area (Å²) in [6, 6.07) is 13.6. The maximum atomic E-state index is 5.54. The van der Waals surface area contributed by atoms with Crippen molar-refractivity contribution in [2.45, 2.75) is 16.6 Å². The third-order valence-electron chi connectivity index (χ3n) is 3.32. The molecule has 0 fully saturated rings. The van der Waals surface area contributed by atoms with E-state index in [-0.39, 0.29) is 0 Å². The molecule has 1 aromatic carbocycles. The Balaban J connectivity index is 1.32. The molecule has 6 nitrogen and oxygen atoms in total. The Morgan fingerprint density at radius 2 is 1.96 bits per heavy atom. The smallest absolute Gasteiger partial charge is 0.226 e. The fourth-order valence-corrected chi connectivity index (χ4v) is 3.76. The average molecular weight is 370 g/mol. The maximum Gasteiger partial charge on any atom is 0.226 e. The molecule has 0 saturated heterocycles. The molecule has 0 aliphatic carbocycles. The number of thioether (sulfide) groups is 1. The number of aromatic nitrogens is 3. The van der Waals surface area contributed by atoms with Crippen LogP contribution in [0.2, 0.25) is 0 Å². The second-order valence-corrected chi connectivity index (χ2v) is 7.30. The van der Waals surface area contributed by atoms with E-state index in [9.17, 15) is 0 Å². The van der Waals surface area contributed by atoms with Crippen LogP contribution in [0.3, 0.4) is 0 Å². The van der Waals surface area contributed by atoms with Crippen LogP contribution < -0.4 is 5.32 Å². The average Bonchev–Trinajstić information content (AvgIpc) is 3.40. The lowest BCUT2D eigenvalue weighted by Gasteiger charge is -1.96. The van der Waals surface area contributed by atoms with Crippen molar-refractivity contribution < 1.29 is 8.83 Å². The van der Waals surface area contributed by atoms with Crippen molar-refractivity contribution in [3.05, 3.63) is 66.4 Å². The minimum absolute atomic E-state index is 0.593. The number of anilines is 1. The molecule has 0 amide bonds. The van der Waals surface area contributed by atoms with E-state index in [0.717, 1.165) is 26.5 Å². The van der Waals surface area contributed by atoms with Gasteiger partial charge < -0.3 is 14.2 Å². The fourth-order valence-electron chi connectivity index (χ4n) is 2.14. The summed E-state index contributed by atoms with van der Waals surface area (Å²) in [5.41, 5.74) is 1.85. The van der Waals surface area contributed by atoms with E-state index in [1.54, 1.807) is 24.3 Å². The monoisotopic (exact) mass is 370 g/mol. The lowest BCUT2D eigenvalue weighted by Crippen LogP contribution is -1.96. The van der Waals surface area contributed by atoms with E-state index in [4.69, 9.17) is 8.83 Å². The van der Waals surface area contributed by atoms with Crippen LogP contribution in [0.1, 0.15) is 11.5 Å². The number of rotatable bonds is 7. The quantitative estimate of drug-likeness (QED) is 0.473. The SMILES string of the molecule is c1ccc(-c2nc(CSc3nnc(NCc4ccco4)s3)co2)cc1. The molecule has 3 aromatic heterocycles. The highest BCUT2D eigenvalue weighted by molar-refractivity contribution is 8.00. The van der Waals surface area contributed by atoms with Crippen LogP contribution in [0.4, 0.5) is 5.13 Å². The van der Waals surface area contributed by atoms with Gasteiger partial charge in [0, 0.05) is 11.3 Å². The van der Waals surface area contributed by atoms with Gasteiger partial charge in [0.05, 0.1) is 18.5 Å². The minimum atomic E-state index is 0.593. The highest BCUT2D eigenvalue weighted by Crippen LogP contribution is 2.29. The fraction of sp³-hybridized carbons (Fsp3) is 0.118. The van der Waals surface area contributed by atoms with Gasteiger partial charge in [0.2, 0.25) is 11.0 Å². The number of hydrogen-bond acceptors (Lipinski definition) is 8.